The number of hydrogen-bond donors (Lipinski definition) is 1. The lowest BCUT2D eigenvalue weighted by Gasteiger charge is -2.07. The van der Waals surface area contributed by atoms with Gasteiger partial charge in [-0.15, -0.1) is 0 Å². The van der Waals surface area contributed by atoms with Crippen LogP contribution in [0, 0.1) is 12.8 Å². The van der Waals surface area contributed by atoms with Gasteiger partial charge in [0.25, 0.3) is 5.56 Å². The van der Waals surface area contributed by atoms with Crippen molar-refractivity contribution >= 4 is 11.0 Å². The Labute approximate surface area is 88.0 Å². The Morgan fingerprint density at radius 1 is 1.53 bits per heavy atom. The fraction of sp³-hybridized carbons (Fsp3) is 0.455. The number of aryl methyl sites for hydroxylation is 1. The molecule has 0 saturated carbocycles. The van der Waals surface area contributed by atoms with Gasteiger partial charge in [0.15, 0.2) is 0 Å². The molecule has 0 bridgehead atoms. The highest BCUT2D eigenvalue weighted by molar-refractivity contribution is 5.74. The van der Waals surface area contributed by atoms with Crippen molar-refractivity contribution in [2.24, 2.45) is 5.92 Å². The zero-order chi connectivity index (χ0) is 11.0. The Morgan fingerprint density at radius 2 is 2.27 bits per heavy atom. The molecule has 2 aromatic heterocycles. The summed E-state index contributed by atoms with van der Waals surface area (Å²) >= 11 is 0. The molecule has 1 N–H and O–H groups in total. The number of rotatable bonds is 2. The van der Waals surface area contributed by atoms with E-state index in [1.54, 1.807) is 10.9 Å². The van der Waals surface area contributed by atoms with E-state index in [-0.39, 0.29) is 5.56 Å². The molecular weight excluding hydrogens is 190 g/mol. The van der Waals surface area contributed by atoms with Crippen molar-refractivity contribution in [2.75, 3.05) is 0 Å². The summed E-state index contributed by atoms with van der Waals surface area (Å²) in [5, 5.41) is 0.677. The highest BCUT2D eigenvalue weighted by Gasteiger charge is 2.07. The van der Waals surface area contributed by atoms with Crippen LogP contribution in [0.2, 0.25) is 0 Å². The van der Waals surface area contributed by atoms with Gasteiger partial charge in [-0.3, -0.25) is 9.36 Å². The molecule has 2 aromatic rings. The topological polar surface area (TPSA) is 50.7 Å². The average molecular weight is 205 g/mol. The molecule has 0 radical (unpaired) electrons. The number of aromatic nitrogens is 3. The molecule has 0 spiro atoms. The van der Waals surface area contributed by atoms with E-state index < -0.39 is 0 Å². The minimum Gasteiger partial charge on any atom is -0.343 e. The Balaban J connectivity index is 2.59. The second-order valence-electron chi connectivity index (χ2n) is 4.31. The number of H-pyrrole nitrogens is 1. The molecule has 4 heteroatoms. The third kappa shape index (κ3) is 1.79. The maximum absolute atomic E-state index is 12.0. The van der Waals surface area contributed by atoms with Gasteiger partial charge in [0.05, 0.1) is 11.7 Å². The standard InChI is InChI=1S/C11H15N3O/c1-7(2)5-14-6-12-10-9(11(14)15)4-8(3)13-10/h4,6-7,13H,5H2,1-3H3. The molecule has 0 amide bonds. The van der Waals surface area contributed by atoms with E-state index in [4.69, 9.17) is 0 Å². The van der Waals surface area contributed by atoms with Crippen LogP contribution in [0.1, 0.15) is 19.5 Å². The first-order chi connectivity index (χ1) is 7.08. The molecule has 0 atom stereocenters. The van der Waals surface area contributed by atoms with E-state index in [1.807, 2.05) is 13.0 Å². The van der Waals surface area contributed by atoms with Gasteiger partial charge in [0.1, 0.15) is 5.65 Å². The Bertz CT molecular complexity index is 536. The summed E-state index contributed by atoms with van der Waals surface area (Å²) in [6.45, 7) is 6.80. The van der Waals surface area contributed by atoms with Crippen molar-refractivity contribution in [3.63, 3.8) is 0 Å². The molecule has 0 aromatic carbocycles. The maximum Gasteiger partial charge on any atom is 0.262 e. The Hall–Kier alpha value is -1.58. The summed E-state index contributed by atoms with van der Waals surface area (Å²) in [7, 11) is 0. The van der Waals surface area contributed by atoms with E-state index in [1.165, 1.54) is 0 Å². The maximum atomic E-state index is 12.0. The molecule has 0 saturated heterocycles. The van der Waals surface area contributed by atoms with E-state index in [9.17, 15) is 4.79 Å². The van der Waals surface area contributed by atoms with Gasteiger partial charge in [-0.2, -0.15) is 0 Å². The molecule has 15 heavy (non-hydrogen) atoms. The van der Waals surface area contributed by atoms with E-state index >= 15 is 0 Å². The molecule has 0 aliphatic rings. The lowest BCUT2D eigenvalue weighted by atomic mass is 10.2. The van der Waals surface area contributed by atoms with Crippen LogP contribution < -0.4 is 5.56 Å². The third-order valence-electron chi connectivity index (χ3n) is 2.31. The van der Waals surface area contributed by atoms with Gasteiger partial charge in [-0.1, -0.05) is 13.8 Å². The van der Waals surface area contributed by atoms with E-state index in [2.05, 4.69) is 23.8 Å². The van der Waals surface area contributed by atoms with Crippen LogP contribution in [0.25, 0.3) is 11.0 Å². The second kappa shape index (κ2) is 3.53. The van der Waals surface area contributed by atoms with Crippen molar-refractivity contribution in [2.45, 2.75) is 27.3 Å². The van der Waals surface area contributed by atoms with Crippen molar-refractivity contribution < 1.29 is 0 Å². The quantitative estimate of drug-likeness (QED) is 0.811. The van der Waals surface area contributed by atoms with Gasteiger partial charge in [-0.25, -0.2) is 4.98 Å². The van der Waals surface area contributed by atoms with Crippen molar-refractivity contribution in [1.82, 2.24) is 14.5 Å². The zero-order valence-corrected chi connectivity index (χ0v) is 9.24. The lowest BCUT2D eigenvalue weighted by Crippen LogP contribution is -2.22. The normalized spacial score (nSPS) is 11.5. The minimum atomic E-state index is 0.0399. The van der Waals surface area contributed by atoms with Gasteiger partial charge >= 0.3 is 0 Å². The summed E-state index contributed by atoms with van der Waals surface area (Å²) in [6, 6.07) is 1.85. The first-order valence-corrected chi connectivity index (χ1v) is 5.12. The summed E-state index contributed by atoms with van der Waals surface area (Å²) < 4.78 is 1.67. The monoisotopic (exact) mass is 205 g/mol. The summed E-state index contributed by atoms with van der Waals surface area (Å²) in [6.07, 6.45) is 1.61. The molecule has 80 valence electrons. The van der Waals surface area contributed by atoms with Crippen LogP contribution in [0.4, 0.5) is 0 Å². The van der Waals surface area contributed by atoms with Crippen LogP contribution in [0.15, 0.2) is 17.2 Å². The molecule has 0 aliphatic carbocycles. The van der Waals surface area contributed by atoms with Crippen LogP contribution in [-0.2, 0) is 6.54 Å². The molecule has 0 fully saturated rings. The van der Waals surface area contributed by atoms with Crippen LogP contribution in [0.3, 0.4) is 0 Å². The number of hydrogen-bond acceptors (Lipinski definition) is 2. The predicted octanol–water partition coefficient (Wildman–Crippen LogP) is 1.69. The highest BCUT2D eigenvalue weighted by Crippen LogP contribution is 2.07. The predicted molar refractivity (Wildman–Crippen MR) is 59.9 cm³/mol. The zero-order valence-electron chi connectivity index (χ0n) is 9.24. The molecule has 2 rings (SSSR count). The largest absolute Gasteiger partial charge is 0.343 e. The number of nitrogens with one attached hydrogen (secondary N) is 1. The summed E-state index contributed by atoms with van der Waals surface area (Å²) in [5.41, 5.74) is 1.69. The summed E-state index contributed by atoms with van der Waals surface area (Å²) in [4.78, 5) is 19.3. The fourth-order valence-corrected chi connectivity index (χ4v) is 1.70. The number of aromatic amines is 1. The van der Waals surface area contributed by atoms with Crippen molar-refractivity contribution in [1.29, 1.82) is 0 Å². The molecule has 0 aliphatic heterocycles. The van der Waals surface area contributed by atoms with E-state index in [0.29, 0.717) is 23.5 Å². The fourth-order valence-electron chi connectivity index (χ4n) is 1.70. The van der Waals surface area contributed by atoms with Gasteiger partial charge in [0.2, 0.25) is 0 Å². The molecule has 2 heterocycles. The average Bonchev–Trinajstić information content (AvgIpc) is 2.51. The minimum absolute atomic E-state index is 0.0399. The second-order valence-corrected chi connectivity index (χ2v) is 4.31. The van der Waals surface area contributed by atoms with Crippen molar-refractivity contribution in [3.8, 4) is 0 Å². The van der Waals surface area contributed by atoms with Gasteiger partial charge in [-0.05, 0) is 18.9 Å². The first-order valence-electron chi connectivity index (χ1n) is 5.12. The lowest BCUT2D eigenvalue weighted by molar-refractivity contribution is 0.508. The van der Waals surface area contributed by atoms with Crippen LogP contribution in [-0.4, -0.2) is 14.5 Å². The van der Waals surface area contributed by atoms with Gasteiger partial charge in [0, 0.05) is 12.2 Å². The smallest absolute Gasteiger partial charge is 0.262 e. The SMILES string of the molecule is Cc1cc2c(=O)n(CC(C)C)cnc2[nH]1. The van der Waals surface area contributed by atoms with Gasteiger partial charge < -0.3 is 4.98 Å². The molecule has 0 unspecified atom stereocenters. The Kier molecular flexibility index (Phi) is 2.34. The van der Waals surface area contributed by atoms with E-state index in [0.717, 1.165) is 5.69 Å². The number of fused-ring (bicyclic) bond motifs is 1. The van der Waals surface area contributed by atoms with Crippen LogP contribution in [0.5, 0.6) is 0 Å². The van der Waals surface area contributed by atoms with Crippen molar-refractivity contribution in [3.05, 3.63) is 28.4 Å². The molecule has 4 nitrogen and oxygen atoms in total. The Morgan fingerprint density at radius 3 is 2.93 bits per heavy atom. The summed E-state index contributed by atoms with van der Waals surface area (Å²) in [5.74, 6) is 0.446. The third-order valence-corrected chi connectivity index (χ3v) is 2.31. The van der Waals surface area contributed by atoms with Crippen LogP contribution >= 0.6 is 0 Å². The highest BCUT2D eigenvalue weighted by atomic mass is 16.1. The number of nitrogens with zero attached hydrogens (tertiary/aromatic N) is 2. The first kappa shape index (κ1) is 9.96. The molecular formula is C11H15N3O.